The third-order valence-corrected chi connectivity index (χ3v) is 3.76. The van der Waals surface area contributed by atoms with E-state index in [0.29, 0.717) is 6.54 Å². The van der Waals surface area contributed by atoms with Crippen LogP contribution < -0.4 is 22.3 Å². The molecule has 0 amide bonds. The topological polar surface area (TPSA) is 102 Å². The Hall–Kier alpha value is -1.76. The van der Waals surface area contributed by atoms with Crippen molar-refractivity contribution in [1.82, 2.24) is 9.55 Å². The number of H-pyrrole nitrogens is 1. The first-order chi connectivity index (χ1) is 8.93. The van der Waals surface area contributed by atoms with Gasteiger partial charge in [-0.25, -0.2) is 4.79 Å². The van der Waals surface area contributed by atoms with Crippen LogP contribution in [0, 0.1) is 5.41 Å². The number of nitrogens with zero attached hydrogens (tertiary/aromatic N) is 1. The zero-order chi connectivity index (χ0) is 14.0. The highest BCUT2D eigenvalue weighted by molar-refractivity contribution is 5.60. The first kappa shape index (κ1) is 13.7. The second kappa shape index (κ2) is 5.08. The van der Waals surface area contributed by atoms with Crippen LogP contribution in [0.25, 0.3) is 0 Å². The molecule has 1 aliphatic rings. The zero-order valence-electron chi connectivity index (χ0n) is 11.3. The Balaban J connectivity index is 2.18. The predicted octanol–water partition coefficient (Wildman–Crippen LogP) is -0.116. The molecule has 7 heteroatoms. The first-order valence-corrected chi connectivity index (χ1v) is 6.33. The molecular weight excluding hydrogens is 248 g/mol. The summed E-state index contributed by atoms with van der Waals surface area (Å²) in [5.74, 6) is 0.157. The van der Waals surface area contributed by atoms with Gasteiger partial charge in [-0.2, -0.15) is 0 Å². The molecule has 0 aromatic carbocycles. The highest BCUT2D eigenvalue weighted by Gasteiger charge is 2.27. The quantitative estimate of drug-likeness (QED) is 0.709. The summed E-state index contributed by atoms with van der Waals surface area (Å²) in [6.45, 7) is 4.24. The lowest BCUT2D eigenvalue weighted by molar-refractivity contribution is 0.0300. The summed E-state index contributed by atoms with van der Waals surface area (Å²) in [5, 5.41) is 3.08. The Kier molecular flexibility index (Phi) is 3.66. The molecule has 1 saturated heterocycles. The van der Waals surface area contributed by atoms with Crippen molar-refractivity contribution in [2.45, 2.75) is 19.8 Å². The molecule has 0 bridgehead atoms. The lowest BCUT2D eigenvalue weighted by Gasteiger charge is -2.33. The van der Waals surface area contributed by atoms with Crippen molar-refractivity contribution < 1.29 is 4.74 Å². The third-order valence-electron chi connectivity index (χ3n) is 3.76. The van der Waals surface area contributed by atoms with Crippen molar-refractivity contribution in [2.75, 3.05) is 30.8 Å². The van der Waals surface area contributed by atoms with E-state index < -0.39 is 11.2 Å². The summed E-state index contributed by atoms with van der Waals surface area (Å²) in [6.07, 6.45) is 1.87. The molecule has 0 radical (unpaired) electrons. The van der Waals surface area contributed by atoms with Crippen LogP contribution in [0.5, 0.6) is 0 Å². The van der Waals surface area contributed by atoms with Crippen LogP contribution in [-0.2, 0) is 11.8 Å². The molecule has 1 aliphatic heterocycles. The van der Waals surface area contributed by atoms with Crippen LogP contribution in [0.3, 0.4) is 0 Å². The van der Waals surface area contributed by atoms with Crippen LogP contribution >= 0.6 is 0 Å². The standard InChI is InChI=1S/C12H20N4O3/c1-12(3-5-19-6-4-12)7-14-8-9(13)16(2)11(18)15-10(8)17/h14H,3-7,13H2,1-2H3,(H,15,17,18). The van der Waals surface area contributed by atoms with E-state index in [9.17, 15) is 9.59 Å². The van der Waals surface area contributed by atoms with E-state index in [1.54, 1.807) is 0 Å². The minimum Gasteiger partial charge on any atom is -0.383 e. The summed E-state index contributed by atoms with van der Waals surface area (Å²) in [5.41, 5.74) is 5.15. The molecule has 0 saturated carbocycles. The van der Waals surface area contributed by atoms with Crippen molar-refractivity contribution >= 4 is 11.5 Å². The van der Waals surface area contributed by atoms with Gasteiger partial charge in [-0.3, -0.25) is 14.3 Å². The highest BCUT2D eigenvalue weighted by Crippen LogP contribution is 2.29. The van der Waals surface area contributed by atoms with Gasteiger partial charge in [0, 0.05) is 26.8 Å². The van der Waals surface area contributed by atoms with Gasteiger partial charge in [-0.1, -0.05) is 6.92 Å². The molecule has 0 aliphatic carbocycles. The molecule has 7 nitrogen and oxygen atoms in total. The molecule has 2 heterocycles. The highest BCUT2D eigenvalue weighted by atomic mass is 16.5. The van der Waals surface area contributed by atoms with Gasteiger partial charge >= 0.3 is 5.69 Å². The Morgan fingerprint density at radius 2 is 2.05 bits per heavy atom. The van der Waals surface area contributed by atoms with Crippen molar-refractivity contribution in [3.8, 4) is 0 Å². The Bertz CT molecular complexity index is 569. The number of anilines is 2. The Morgan fingerprint density at radius 3 is 2.68 bits per heavy atom. The summed E-state index contributed by atoms with van der Waals surface area (Å²) >= 11 is 0. The van der Waals surface area contributed by atoms with Gasteiger partial charge in [-0.05, 0) is 18.3 Å². The number of aromatic nitrogens is 2. The number of rotatable bonds is 3. The number of nitrogens with one attached hydrogen (secondary N) is 2. The zero-order valence-corrected chi connectivity index (χ0v) is 11.3. The number of ether oxygens (including phenoxy) is 1. The molecule has 4 N–H and O–H groups in total. The maximum absolute atomic E-state index is 11.8. The predicted molar refractivity (Wildman–Crippen MR) is 73.4 cm³/mol. The van der Waals surface area contributed by atoms with Gasteiger partial charge < -0.3 is 15.8 Å². The van der Waals surface area contributed by atoms with Crippen molar-refractivity contribution in [3.05, 3.63) is 20.8 Å². The van der Waals surface area contributed by atoms with Crippen molar-refractivity contribution in [2.24, 2.45) is 12.5 Å². The van der Waals surface area contributed by atoms with Gasteiger partial charge in [-0.15, -0.1) is 0 Å². The monoisotopic (exact) mass is 268 g/mol. The average molecular weight is 268 g/mol. The van der Waals surface area contributed by atoms with Gasteiger partial charge in [0.25, 0.3) is 5.56 Å². The van der Waals surface area contributed by atoms with Gasteiger partial charge in [0.2, 0.25) is 0 Å². The third kappa shape index (κ3) is 2.81. The normalized spacial score (nSPS) is 18.2. The summed E-state index contributed by atoms with van der Waals surface area (Å²) in [6, 6.07) is 0. The second-order valence-electron chi connectivity index (χ2n) is 5.36. The number of hydrogen-bond acceptors (Lipinski definition) is 5. The van der Waals surface area contributed by atoms with Crippen molar-refractivity contribution in [3.63, 3.8) is 0 Å². The van der Waals surface area contributed by atoms with Crippen LogP contribution in [0.4, 0.5) is 11.5 Å². The number of aromatic amines is 1. The van der Waals surface area contributed by atoms with Crippen LogP contribution in [0.15, 0.2) is 9.59 Å². The van der Waals surface area contributed by atoms with E-state index in [-0.39, 0.29) is 16.9 Å². The summed E-state index contributed by atoms with van der Waals surface area (Å²) in [4.78, 5) is 25.4. The molecule has 0 spiro atoms. The molecule has 0 atom stereocenters. The van der Waals surface area contributed by atoms with Gasteiger partial charge in [0.1, 0.15) is 11.5 Å². The lowest BCUT2D eigenvalue weighted by atomic mass is 9.82. The second-order valence-corrected chi connectivity index (χ2v) is 5.36. The van der Waals surface area contributed by atoms with Crippen molar-refractivity contribution in [1.29, 1.82) is 0 Å². The fraction of sp³-hybridized carbons (Fsp3) is 0.667. The maximum atomic E-state index is 11.8. The number of nitrogen functional groups attached to an aromatic ring is 1. The number of nitrogens with two attached hydrogens (primary N) is 1. The first-order valence-electron chi connectivity index (χ1n) is 6.33. The largest absolute Gasteiger partial charge is 0.383 e. The van der Waals surface area contributed by atoms with Gasteiger partial charge in [0.15, 0.2) is 0 Å². The minimum atomic E-state index is -0.509. The molecule has 0 unspecified atom stereocenters. The average Bonchev–Trinajstić information content (AvgIpc) is 2.37. The van der Waals surface area contributed by atoms with Gasteiger partial charge in [0.05, 0.1) is 0 Å². The minimum absolute atomic E-state index is 0.0752. The molecule has 106 valence electrons. The maximum Gasteiger partial charge on any atom is 0.329 e. The smallest absolute Gasteiger partial charge is 0.329 e. The van der Waals surface area contributed by atoms with E-state index in [2.05, 4.69) is 17.2 Å². The molecule has 2 rings (SSSR count). The van der Waals surface area contributed by atoms with E-state index in [4.69, 9.17) is 10.5 Å². The Labute approximate surface area is 110 Å². The Morgan fingerprint density at radius 1 is 1.42 bits per heavy atom. The van der Waals surface area contributed by atoms with E-state index >= 15 is 0 Å². The summed E-state index contributed by atoms with van der Waals surface area (Å²) in [7, 11) is 1.52. The molecule has 1 fully saturated rings. The molecule has 19 heavy (non-hydrogen) atoms. The molecule has 1 aromatic heterocycles. The fourth-order valence-electron chi connectivity index (χ4n) is 2.15. The molecular formula is C12H20N4O3. The summed E-state index contributed by atoms with van der Waals surface area (Å²) < 4.78 is 6.55. The lowest BCUT2D eigenvalue weighted by Crippen LogP contribution is -2.37. The molecule has 1 aromatic rings. The van der Waals surface area contributed by atoms with Crippen LogP contribution in [-0.4, -0.2) is 29.3 Å². The fourth-order valence-corrected chi connectivity index (χ4v) is 2.15. The number of hydrogen-bond donors (Lipinski definition) is 3. The SMILES string of the molecule is Cn1c(N)c(NCC2(C)CCOCC2)c(=O)[nH]c1=O. The van der Waals surface area contributed by atoms with E-state index in [1.165, 1.54) is 11.6 Å². The van der Waals surface area contributed by atoms with Crippen LogP contribution in [0.2, 0.25) is 0 Å². The van der Waals surface area contributed by atoms with Crippen LogP contribution in [0.1, 0.15) is 19.8 Å². The van der Waals surface area contributed by atoms with E-state index in [1.807, 2.05) is 0 Å². The van der Waals surface area contributed by atoms with E-state index in [0.717, 1.165) is 26.1 Å².